The van der Waals surface area contributed by atoms with Crippen LogP contribution in [0.4, 0.5) is 0 Å². The molecule has 94 valence electrons. The zero-order valence-electron chi connectivity index (χ0n) is 10.6. The smallest absolute Gasteiger partial charge is 0.244 e. The predicted octanol–water partition coefficient (Wildman–Crippen LogP) is 2.11. The van der Waals surface area contributed by atoms with Crippen LogP contribution in [0.3, 0.4) is 0 Å². The van der Waals surface area contributed by atoms with E-state index in [0.29, 0.717) is 17.6 Å². The second kappa shape index (κ2) is 4.49. The molecule has 1 saturated heterocycles. The van der Waals surface area contributed by atoms with Gasteiger partial charge in [0.2, 0.25) is 11.7 Å². The first-order valence-corrected chi connectivity index (χ1v) is 6.23. The van der Waals surface area contributed by atoms with Gasteiger partial charge in [0.1, 0.15) is 0 Å². The summed E-state index contributed by atoms with van der Waals surface area (Å²) in [7, 11) is 0. The summed E-state index contributed by atoms with van der Waals surface area (Å²) in [5.41, 5.74) is 2.03. The van der Waals surface area contributed by atoms with Gasteiger partial charge in [-0.1, -0.05) is 12.1 Å². The highest BCUT2D eigenvalue weighted by Crippen LogP contribution is 2.29. The van der Waals surface area contributed by atoms with Crippen LogP contribution < -0.4 is 5.32 Å². The summed E-state index contributed by atoms with van der Waals surface area (Å²) >= 11 is 0. The maximum Gasteiger partial charge on any atom is 0.244 e. The van der Waals surface area contributed by atoms with Crippen LogP contribution in [0.5, 0.6) is 0 Å². The largest absolute Gasteiger partial charge is 0.337 e. The lowest BCUT2D eigenvalue weighted by molar-refractivity contribution is 0.319. The molecule has 5 heteroatoms. The van der Waals surface area contributed by atoms with E-state index in [4.69, 9.17) is 4.52 Å². The molecule has 2 aromatic heterocycles. The molecular formula is C13H16N4O. The summed E-state index contributed by atoms with van der Waals surface area (Å²) in [6.45, 7) is 5.21. The fraction of sp³-hybridized carbons (Fsp3) is 0.462. The minimum Gasteiger partial charge on any atom is -0.337 e. The summed E-state index contributed by atoms with van der Waals surface area (Å²) in [4.78, 5) is 8.57. The van der Waals surface area contributed by atoms with E-state index in [0.717, 1.165) is 24.1 Å². The second-order valence-electron chi connectivity index (χ2n) is 4.84. The highest BCUT2D eigenvalue weighted by Gasteiger charge is 2.29. The molecule has 5 nitrogen and oxygen atoms in total. The molecule has 18 heavy (non-hydrogen) atoms. The third kappa shape index (κ3) is 1.90. The van der Waals surface area contributed by atoms with Gasteiger partial charge in [-0.05, 0) is 37.4 Å². The standard InChI is InChI=1S/C13H16N4O/c1-8-3-6-15-11(8)13-16-12(17-18-13)10-4-5-14-7-9(10)2/h4-5,7-8,11,15H,3,6H2,1-2H3. The Hall–Kier alpha value is -1.75. The fourth-order valence-electron chi connectivity index (χ4n) is 2.36. The molecule has 0 amide bonds. The molecule has 0 bridgehead atoms. The van der Waals surface area contributed by atoms with Crippen LogP contribution in [0, 0.1) is 12.8 Å². The van der Waals surface area contributed by atoms with Crippen molar-refractivity contribution >= 4 is 0 Å². The highest BCUT2D eigenvalue weighted by molar-refractivity contribution is 5.57. The maximum atomic E-state index is 5.38. The van der Waals surface area contributed by atoms with Crippen LogP contribution in [0.15, 0.2) is 23.0 Å². The minimum absolute atomic E-state index is 0.188. The number of rotatable bonds is 2. The molecule has 2 atom stereocenters. The van der Waals surface area contributed by atoms with Gasteiger partial charge in [0.15, 0.2) is 0 Å². The summed E-state index contributed by atoms with van der Waals surface area (Å²) in [5.74, 6) is 1.87. The number of hydrogen-bond donors (Lipinski definition) is 1. The fourth-order valence-corrected chi connectivity index (χ4v) is 2.36. The first kappa shape index (κ1) is 11.3. The molecule has 0 radical (unpaired) electrons. The number of pyridine rings is 1. The van der Waals surface area contributed by atoms with Crippen molar-refractivity contribution in [1.82, 2.24) is 20.4 Å². The maximum absolute atomic E-state index is 5.38. The molecule has 0 aromatic carbocycles. The summed E-state index contributed by atoms with van der Waals surface area (Å²) in [6.07, 6.45) is 4.70. The van der Waals surface area contributed by atoms with Crippen molar-refractivity contribution in [3.63, 3.8) is 0 Å². The Bertz CT molecular complexity index is 551. The van der Waals surface area contributed by atoms with Crippen LogP contribution in [0.25, 0.3) is 11.4 Å². The van der Waals surface area contributed by atoms with Crippen LogP contribution in [-0.4, -0.2) is 21.7 Å². The summed E-state index contributed by atoms with van der Waals surface area (Å²) < 4.78 is 5.38. The number of hydrogen-bond acceptors (Lipinski definition) is 5. The van der Waals surface area contributed by atoms with Gasteiger partial charge in [0.05, 0.1) is 6.04 Å². The van der Waals surface area contributed by atoms with Crippen molar-refractivity contribution in [1.29, 1.82) is 0 Å². The van der Waals surface area contributed by atoms with Crippen molar-refractivity contribution in [2.24, 2.45) is 5.92 Å². The van der Waals surface area contributed by atoms with Gasteiger partial charge < -0.3 is 9.84 Å². The second-order valence-corrected chi connectivity index (χ2v) is 4.84. The monoisotopic (exact) mass is 244 g/mol. The Morgan fingerprint density at radius 1 is 1.44 bits per heavy atom. The van der Waals surface area contributed by atoms with Gasteiger partial charge >= 0.3 is 0 Å². The average Bonchev–Trinajstić information content (AvgIpc) is 2.98. The molecule has 3 rings (SSSR count). The van der Waals surface area contributed by atoms with E-state index < -0.39 is 0 Å². The lowest BCUT2D eigenvalue weighted by Gasteiger charge is -2.09. The van der Waals surface area contributed by atoms with Gasteiger partial charge in [-0.15, -0.1) is 0 Å². The molecule has 2 aromatic rings. The average molecular weight is 244 g/mol. The topological polar surface area (TPSA) is 63.8 Å². The van der Waals surface area contributed by atoms with E-state index in [1.807, 2.05) is 19.2 Å². The molecule has 1 fully saturated rings. The molecule has 1 N–H and O–H groups in total. The van der Waals surface area contributed by atoms with Gasteiger partial charge in [-0.3, -0.25) is 4.98 Å². The third-order valence-corrected chi connectivity index (χ3v) is 3.50. The van der Waals surface area contributed by atoms with Crippen molar-refractivity contribution < 1.29 is 4.52 Å². The predicted molar refractivity (Wildman–Crippen MR) is 66.8 cm³/mol. The van der Waals surface area contributed by atoms with Crippen LogP contribution in [-0.2, 0) is 0 Å². The highest BCUT2D eigenvalue weighted by atomic mass is 16.5. The van der Waals surface area contributed by atoms with Crippen molar-refractivity contribution in [3.8, 4) is 11.4 Å². The molecule has 1 aliphatic rings. The molecule has 0 aliphatic carbocycles. The zero-order chi connectivity index (χ0) is 12.5. The Morgan fingerprint density at radius 2 is 2.33 bits per heavy atom. The van der Waals surface area contributed by atoms with Gasteiger partial charge in [-0.25, -0.2) is 0 Å². The minimum atomic E-state index is 0.188. The Morgan fingerprint density at radius 3 is 3.06 bits per heavy atom. The lowest BCUT2D eigenvalue weighted by Crippen LogP contribution is -2.16. The van der Waals surface area contributed by atoms with E-state index >= 15 is 0 Å². The quantitative estimate of drug-likeness (QED) is 0.876. The Balaban J connectivity index is 1.92. The normalized spacial score (nSPS) is 23.4. The molecule has 3 heterocycles. The van der Waals surface area contributed by atoms with Crippen molar-refractivity contribution in [3.05, 3.63) is 29.9 Å². The number of aromatic nitrogens is 3. The third-order valence-electron chi connectivity index (χ3n) is 3.50. The van der Waals surface area contributed by atoms with E-state index in [9.17, 15) is 0 Å². The molecule has 2 unspecified atom stereocenters. The molecular weight excluding hydrogens is 228 g/mol. The van der Waals surface area contributed by atoms with E-state index in [1.54, 1.807) is 6.20 Å². The first-order chi connectivity index (χ1) is 8.75. The summed E-state index contributed by atoms with van der Waals surface area (Å²) in [5, 5.41) is 7.47. The van der Waals surface area contributed by atoms with Crippen molar-refractivity contribution in [2.45, 2.75) is 26.3 Å². The molecule has 0 saturated carbocycles. The van der Waals surface area contributed by atoms with E-state index in [-0.39, 0.29) is 6.04 Å². The van der Waals surface area contributed by atoms with Gasteiger partial charge in [-0.2, -0.15) is 4.98 Å². The summed E-state index contributed by atoms with van der Waals surface area (Å²) in [6, 6.07) is 2.10. The Kier molecular flexibility index (Phi) is 2.83. The zero-order valence-corrected chi connectivity index (χ0v) is 10.6. The molecule has 1 aliphatic heterocycles. The van der Waals surface area contributed by atoms with Gasteiger partial charge in [0.25, 0.3) is 0 Å². The van der Waals surface area contributed by atoms with Crippen LogP contribution in [0.1, 0.15) is 30.8 Å². The van der Waals surface area contributed by atoms with E-state index in [1.165, 1.54) is 0 Å². The number of nitrogens with one attached hydrogen (secondary N) is 1. The van der Waals surface area contributed by atoms with Crippen LogP contribution >= 0.6 is 0 Å². The number of aryl methyl sites for hydroxylation is 1. The van der Waals surface area contributed by atoms with Crippen LogP contribution in [0.2, 0.25) is 0 Å². The molecule has 0 spiro atoms. The number of nitrogens with zero attached hydrogens (tertiary/aromatic N) is 3. The Labute approximate surface area is 106 Å². The SMILES string of the molecule is Cc1cnccc1-c1noc(C2NCCC2C)n1. The van der Waals surface area contributed by atoms with Gasteiger partial charge in [0, 0.05) is 18.0 Å². The lowest BCUT2D eigenvalue weighted by atomic mass is 10.0. The van der Waals surface area contributed by atoms with Crippen molar-refractivity contribution in [2.75, 3.05) is 6.54 Å². The van der Waals surface area contributed by atoms with E-state index in [2.05, 4.69) is 27.4 Å². The first-order valence-electron chi connectivity index (χ1n) is 6.23.